The molecule has 1 amide bonds. The molecular formula is C14H23N3O3. The Morgan fingerprint density at radius 2 is 1.95 bits per heavy atom. The molecule has 1 rings (SSSR count). The van der Waals surface area contributed by atoms with Crippen molar-refractivity contribution in [1.29, 1.82) is 0 Å². The molecule has 1 heterocycles. The highest BCUT2D eigenvalue weighted by molar-refractivity contribution is 5.76. The molecule has 0 radical (unpaired) electrons. The maximum atomic E-state index is 11.7. The van der Waals surface area contributed by atoms with Gasteiger partial charge in [0.25, 0.3) is 0 Å². The molecule has 1 aromatic heterocycles. The van der Waals surface area contributed by atoms with Crippen LogP contribution < -0.4 is 5.32 Å². The third-order valence-electron chi connectivity index (χ3n) is 3.40. The number of aromatic nitrogens is 2. The molecule has 6 heteroatoms. The smallest absolute Gasteiger partial charge is 0.303 e. The minimum absolute atomic E-state index is 0.00276. The highest BCUT2D eigenvalue weighted by atomic mass is 16.4. The molecule has 0 aliphatic heterocycles. The van der Waals surface area contributed by atoms with Gasteiger partial charge in [0.2, 0.25) is 5.91 Å². The van der Waals surface area contributed by atoms with Crippen LogP contribution in [-0.2, 0) is 23.1 Å². The van der Waals surface area contributed by atoms with E-state index in [4.69, 9.17) is 5.11 Å². The van der Waals surface area contributed by atoms with Crippen LogP contribution >= 0.6 is 0 Å². The van der Waals surface area contributed by atoms with Crippen LogP contribution in [0.4, 0.5) is 0 Å². The topological polar surface area (TPSA) is 84.2 Å². The van der Waals surface area contributed by atoms with Gasteiger partial charge in [0.1, 0.15) is 0 Å². The van der Waals surface area contributed by atoms with E-state index in [0.29, 0.717) is 32.2 Å². The van der Waals surface area contributed by atoms with E-state index in [1.54, 1.807) is 0 Å². The maximum absolute atomic E-state index is 11.7. The van der Waals surface area contributed by atoms with Crippen LogP contribution in [-0.4, -0.2) is 33.3 Å². The average molecular weight is 281 g/mol. The first-order valence-corrected chi connectivity index (χ1v) is 6.89. The predicted octanol–water partition coefficient (Wildman–Crippen LogP) is 1.34. The van der Waals surface area contributed by atoms with Gasteiger partial charge in [-0.25, -0.2) is 0 Å². The summed E-state index contributed by atoms with van der Waals surface area (Å²) < 4.78 is 1.83. The lowest BCUT2D eigenvalue weighted by molar-refractivity contribution is -0.137. The molecule has 0 aromatic carbocycles. The van der Waals surface area contributed by atoms with Crippen molar-refractivity contribution >= 4 is 11.9 Å². The highest BCUT2D eigenvalue weighted by Gasteiger charge is 2.11. The molecule has 2 N–H and O–H groups in total. The summed E-state index contributed by atoms with van der Waals surface area (Å²) in [6.07, 6.45) is 2.57. The predicted molar refractivity (Wildman–Crippen MR) is 75.5 cm³/mol. The van der Waals surface area contributed by atoms with E-state index in [2.05, 4.69) is 10.4 Å². The van der Waals surface area contributed by atoms with Crippen LogP contribution in [0.25, 0.3) is 0 Å². The lowest BCUT2D eigenvalue weighted by Gasteiger charge is -2.05. The molecule has 112 valence electrons. The Morgan fingerprint density at radius 3 is 2.50 bits per heavy atom. The van der Waals surface area contributed by atoms with Gasteiger partial charge in [-0.3, -0.25) is 14.3 Å². The Kier molecular flexibility index (Phi) is 6.21. The normalized spacial score (nSPS) is 10.6. The van der Waals surface area contributed by atoms with Gasteiger partial charge in [-0.05, 0) is 38.7 Å². The molecule has 0 fully saturated rings. The molecule has 0 unspecified atom stereocenters. The standard InChI is InChI=1S/C14H23N3O3/c1-10-12(11(2)17(3)16-10)7-8-13(18)15-9-5-4-6-14(19)20/h4-9H2,1-3H3,(H,15,18)(H,19,20). The molecule has 0 atom stereocenters. The van der Waals surface area contributed by atoms with E-state index in [1.165, 1.54) is 0 Å². The summed E-state index contributed by atoms with van der Waals surface area (Å²) in [5.74, 6) is -0.790. The summed E-state index contributed by atoms with van der Waals surface area (Å²) in [5, 5.41) is 15.6. The van der Waals surface area contributed by atoms with Crippen LogP contribution in [0.5, 0.6) is 0 Å². The number of carboxylic acids is 1. The lowest BCUT2D eigenvalue weighted by Crippen LogP contribution is -2.24. The van der Waals surface area contributed by atoms with Crippen molar-refractivity contribution in [3.8, 4) is 0 Å². The second-order valence-corrected chi connectivity index (χ2v) is 4.97. The Bertz CT molecular complexity index is 480. The molecule has 6 nitrogen and oxygen atoms in total. The number of carbonyl (C=O) groups is 2. The lowest BCUT2D eigenvalue weighted by atomic mass is 10.1. The Balaban J connectivity index is 2.25. The monoisotopic (exact) mass is 281 g/mol. The third-order valence-corrected chi connectivity index (χ3v) is 3.40. The highest BCUT2D eigenvalue weighted by Crippen LogP contribution is 2.13. The molecular weight excluding hydrogens is 258 g/mol. The number of amides is 1. The van der Waals surface area contributed by atoms with Crippen molar-refractivity contribution in [2.24, 2.45) is 7.05 Å². The van der Waals surface area contributed by atoms with E-state index < -0.39 is 5.97 Å². The molecule has 1 aromatic rings. The van der Waals surface area contributed by atoms with Crippen molar-refractivity contribution in [3.05, 3.63) is 17.0 Å². The van der Waals surface area contributed by atoms with E-state index in [-0.39, 0.29) is 12.3 Å². The second kappa shape index (κ2) is 7.67. The maximum Gasteiger partial charge on any atom is 0.303 e. The van der Waals surface area contributed by atoms with Crippen molar-refractivity contribution in [2.45, 2.75) is 46.0 Å². The van der Waals surface area contributed by atoms with Gasteiger partial charge >= 0.3 is 5.97 Å². The fourth-order valence-electron chi connectivity index (χ4n) is 2.14. The average Bonchev–Trinajstić information content (AvgIpc) is 2.60. The molecule has 0 spiro atoms. The number of aliphatic carboxylic acids is 1. The van der Waals surface area contributed by atoms with E-state index in [0.717, 1.165) is 17.0 Å². The van der Waals surface area contributed by atoms with Crippen LogP contribution in [0, 0.1) is 13.8 Å². The van der Waals surface area contributed by atoms with Crippen LogP contribution in [0.2, 0.25) is 0 Å². The van der Waals surface area contributed by atoms with Crippen LogP contribution in [0.3, 0.4) is 0 Å². The van der Waals surface area contributed by atoms with Crippen molar-refractivity contribution in [1.82, 2.24) is 15.1 Å². The third kappa shape index (κ3) is 5.03. The molecule has 0 saturated heterocycles. The van der Waals surface area contributed by atoms with E-state index in [9.17, 15) is 9.59 Å². The molecule has 0 saturated carbocycles. The first-order chi connectivity index (χ1) is 9.41. The largest absolute Gasteiger partial charge is 0.481 e. The van der Waals surface area contributed by atoms with Crippen LogP contribution in [0.1, 0.15) is 42.6 Å². The Morgan fingerprint density at radius 1 is 1.25 bits per heavy atom. The number of hydrogen-bond acceptors (Lipinski definition) is 3. The minimum Gasteiger partial charge on any atom is -0.481 e. The summed E-state index contributed by atoms with van der Waals surface area (Å²) in [6.45, 7) is 4.49. The van der Waals surface area contributed by atoms with Gasteiger partial charge in [0.05, 0.1) is 5.69 Å². The molecule has 0 aliphatic carbocycles. The Labute approximate surface area is 119 Å². The summed E-state index contributed by atoms with van der Waals surface area (Å²) >= 11 is 0. The molecule has 0 bridgehead atoms. The number of hydrogen-bond donors (Lipinski definition) is 2. The first kappa shape index (κ1) is 16.2. The number of carboxylic acid groups (broad SMARTS) is 1. The van der Waals surface area contributed by atoms with Crippen LogP contribution in [0.15, 0.2) is 0 Å². The summed E-state index contributed by atoms with van der Waals surface area (Å²) in [6, 6.07) is 0. The number of aryl methyl sites for hydroxylation is 2. The number of nitrogens with zero attached hydrogens (tertiary/aromatic N) is 2. The fraction of sp³-hybridized carbons (Fsp3) is 0.643. The number of unbranched alkanes of at least 4 members (excludes halogenated alkanes) is 1. The summed E-state index contributed by atoms with van der Waals surface area (Å²) in [7, 11) is 1.90. The minimum atomic E-state index is -0.793. The van der Waals surface area contributed by atoms with Gasteiger partial charge in [-0.2, -0.15) is 5.10 Å². The van der Waals surface area contributed by atoms with Gasteiger partial charge in [0.15, 0.2) is 0 Å². The van der Waals surface area contributed by atoms with Gasteiger partial charge < -0.3 is 10.4 Å². The summed E-state index contributed by atoms with van der Waals surface area (Å²) in [4.78, 5) is 22.0. The van der Waals surface area contributed by atoms with Crippen molar-refractivity contribution in [2.75, 3.05) is 6.54 Å². The molecule has 0 aliphatic rings. The quantitative estimate of drug-likeness (QED) is 0.704. The zero-order chi connectivity index (χ0) is 15.1. The molecule has 20 heavy (non-hydrogen) atoms. The van der Waals surface area contributed by atoms with E-state index >= 15 is 0 Å². The SMILES string of the molecule is Cc1nn(C)c(C)c1CCC(=O)NCCCCC(=O)O. The number of carbonyl (C=O) groups excluding carboxylic acids is 1. The van der Waals surface area contributed by atoms with Gasteiger partial charge in [0, 0.05) is 32.1 Å². The second-order valence-electron chi connectivity index (χ2n) is 4.97. The zero-order valence-corrected chi connectivity index (χ0v) is 12.4. The van der Waals surface area contributed by atoms with Crippen molar-refractivity contribution < 1.29 is 14.7 Å². The van der Waals surface area contributed by atoms with E-state index in [1.807, 2.05) is 25.6 Å². The number of nitrogens with one attached hydrogen (secondary N) is 1. The number of rotatable bonds is 8. The Hall–Kier alpha value is -1.85. The van der Waals surface area contributed by atoms with Gasteiger partial charge in [-0.1, -0.05) is 0 Å². The zero-order valence-electron chi connectivity index (χ0n) is 12.4. The van der Waals surface area contributed by atoms with Crippen molar-refractivity contribution in [3.63, 3.8) is 0 Å². The summed E-state index contributed by atoms with van der Waals surface area (Å²) in [5.41, 5.74) is 3.20. The fourth-order valence-corrected chi connectivity index (χ4v) is 2.14. The first-order valence-electron chi connectivity index (χ1n) is 6.89. The van der Waals surface area contributed by atoms with Gasteiger partial charge in [-0.15, -0.1) is 0 Å².